The number of ketones is 1. The Balaban J connectivity index is 2.20. The molecule has 2 rings (SSSR count). The van der Waals surface area contributed by atoms with Crippen molar-refractivity contribution in [2.45, 2.75) is 13.8 Å². The lowest BCUT2D eigenvalue weighted by Gasteiger charge is -2.04. The molecule has 1 amide bonds. The van der Waals surface area contributed by atoms with Crippen molar-refractivity contribution in [3.05, 3.63) is 39.1 Å². The summed E-state index contributed by atoms with van der Waals surface area (Å²) in [6.45, 7) is 3.26. The smallest absolute Gasteiger partial charge is 0.276 e. The zero-order valence-electron chi connectivity index (χ0n) is 10.2. The van der Waals surface area contributed by atoms with Crippen LogP contribution in [0.25, 0.3) is 0 Å². The molecule has 1 N–H and O–H groups in total. The maximum Gasteiger partial charge on any atom is 0.276 e. The van der Waals surface area contributed by atoms with Gasteiger partial charge in [0.2, 0.25) is 0 Å². The molecule has 0 atom stereocenters. The second kappa shape index (κ2) is 5.58. The molecule has 0 unspecified atom stereocenters. The van der Waals surface area contributed by atoms with E-state index in [-0.39, 0.29) is 11.7 Å². The second-order valence-corrected chi connectivity index (χ2v) is 5.68. The van der Waals surface area contributed by atoms with E-state index in [2.05, 4.69) is 31.2 Å². The van der Waals surface area contributed by atoms with Crippen molar-refractivity contribution in [3.8, 4) is 0 Å². The Morgan fingerprint density at radius 1 is 1.37 bits per heavy atom. The number of Topliss-reactive ketones (excluding diaryl/α,β-unsaturated/α-hetero) is 1. The Kier molecular flexibility index (Phi) is 4.06. The fourth-order valence-corrected chi connectivity index (χ4v) is 2.40. The first-order valence-corrected chi connectivity index (χ1v) is 6.99. The Morgan fingerprint density at radius 2 is 2.11 bits per heavy atom. The predicted molar refractivity (Wildman–Crippen MR) is 76.7 cm³/mol. The predicted octanol–water partition coefficient (Wildman–Crippen LogP) is 3.06. The number of carbonyl (C=O) groups excluding carboxylic acids is 2. The summed E-state index contributed by atoms with van der Waals surface area (Å²) in [5.41, 5.74) is 1.10. The van der Waals surface area contributed by atoms with Crippen LogP contribution >= 0.6 is 27.3 Å². The van der Waals surface area contributed by atoms with Crippen molar-refractivity contribution in [3.63, 3.8) is 0 Å². The maximum atomic E-state index is 12.1. The number of hydrogen-bond donors (Lipinski definition) is 1. The van der Waals surface area contributed by atoms with E-state index in [1.165, 1.54) is 13.1 Å². The molecule has 0 aliphatic heterocycles. The number of aromatic nitrogens is 2. The van der Waals surface area contributed by atoms with E-state index in [1.807, 2.05) is 0 Å². The van der Waals surface area contributed by atoms with E-state index in [9.17, 15) is 9.59 Å². The fraction of sp³-hybridized carbons (Fsp3) is 0.167. The van der Waals surface area contributed by atoms with Crippen LogP contribution in [0.5, 0.6) is 0 Å². The number of anilines is 1. The Morgan fingerprint density at radius 3 is 2.74 bits per heavy atom. The van der Waals surface area contributed by atoms with Crippen molar-refractivity contribution in [1.29, 1.82) is 0 Å². The van der Waals surface area contributed by atoms with Crippen LogP contribution in [0, 0.1) is 6.92 Å². The zero-order chi connectivity index (χ0) is 14.0. The standard InChI is InChI=1S/C12H10BrN3O2S/c1-6-3-4-9(13)15-10(6)11(18)16-12-14-5-8(19-12)7(2)17/h3-5H,1-2H3,(H,14,16,18). The number of hydrogen-bond acceptors (Lipinski definition) is 5. The average Bonchev–Trinajstić information content (AvgIpc) is 2.80. The van der Waals surface area contributed by atoms with Gasteiger partial charge in [-0.05, 0) is 34.5 Å². The van der Waals surface area contributed by atoms with Crippen molar-refractivity contribution < 1.29 is 9.59 Å². The van der Waals surface area contributed by atoms with Crippen molar-refractivity contribution in [2.75, 3.05) is 5.32 Å². The molecular weight excluding hydrogens is 330 g/mol. The molecule has 0 aromatic carbocycles. The summed E-state index contributed by atoms with van der Waals surface area (Å²) in [6.07, 6.45) is 1.45. The highest BCUT2D eigenvalue weighted by molar-refractivity contribution is 9.10. The summed E-state index contributed by atoms with van der Waals surface area (Å²) in [5.74, 6) is -0.419. The largest absolute Gasteiger partial charge is 0.296 e. The number of aryl methyl sites for hydroxylation is 1. The van der Waals surface area contributed by atoms with Crippen LogP contribution < -0.4 is 5.32 Å². The van der Waals surface area contributed by atoms with Gasteiger partial charge < -0.3 is 0 Å². The van der Waals surface area contributed by atoms with Gasteiger partial charge in [0.1, 0.15) is 10.3 Å². The summed E-state index contributed by atoms with van der Waals surface area (Å²) in [4.78, 5) is 31.8. The van der Waals surface area contributed by atoms with Gasteiger partial charge in [-0.3, -0.25) is 14.9 Å². The van der Waals surface area contributed by atoms with Crippen LogP contribution in [0.4, 0.5) is 5.13 Å². The molecular formula is C12H10BrN3O2S. The molecule has 0 fully saturated rings. The lowest BCUT2D eigenvalue weighted by Crippen LogP contribution is -2.15. The SMILES string of the molecule is CC(=O)c1cnc(NC(=O)c2nc(Br)ccc2C)s1. The molecule has 0 radical (unpaired) electrons. The van der Waals surface area contributed by atoms with E-state index < -0.39 is 0 Å². The molecule has 98 valence electrons. The van der Waals surface area contributed by atoms with Crippen LogP contribution in [-0.4, -0.2) is 21.7 Å². The molecule has 0 saturated carbocycles. The lowest BCUT2D eigenvalue weighted by atomic mass is 10.2. The number of nitrogens with one attached hydrogen (secondary N) is 1. The van der Waals surface area contributed by atoms with Gasteiger partial charge >= 0.3 is 0 Å². The van der Waals surface area contributed by atoms with Gasteiger partial charge in [-0.15, -0.1) is 0 Å². The van der Waals surface area contributed by atoms with E-state index in [0.717, 1.165) is 16.9 Å². The molecule has 2 aromatic rings. The molecule has 5 nitrogen and oxygen atoms in total. The number of rotatable bonds is 3. The summed E-state index contributed by atoms with van der Waals surface area (Å²) < 4.78 is 0.590. The Bertz CT molecular complexity index is 654. The van der Waals surface area contributed by atoms with Gasteiger partial charge in [0.05, 0.1) is 11.1 Å². The Labute approximate surface area is 122 Å². The normalized spacial score (nSPS) is 10.3. The molecule has 7 heteroatoms. The number of nitrogens with zero attached hydrogens (tertiary/aromatic N) is 2. The number of pyridine rings is 1. The third kappa shape index (κ3) is 3.24. The first kappa shape index (κ1) is 13.8. The molecule has 2 heterocycles. The van der Waals surface area contributed by atoms with E-state index >= 15 is 0 Å². The van der Waals surface area contributed by atoms with E-state index in [4.69, 9.17) is 0 Å². The molecule has 0 saturated heterocycles. The average molecular weight is 340 g/mol. The molecule has 19 heavy (non-hydrogen) atoms. The van der Waals surface area contributed by atoms with Crippen LogP contribution in [0.3, 0.4) is 0 Å². The lowest BCUT2D eigenvalue weighted by molar-refractivity contribution is 0.101. The van der Waals surface area contributed by atoms with Gasteiger partial charge in [-0.1, -0.05) is 17.4 Å². The summed E-state index contributed by atoms with van der Waals surface area (Å²) >= 11 is 4.37. The second-order valence-electron chi connectivity index (χ2n) is 3.84. The van der Waals surface area contributed by atoms with Gasteiger partial charge in [0.15, 0.2) is 10.9 Å². The first-order chi connectivity index (χ1) is 8.97. The van der Waals surface area contributed by atoms with Gasteiger partial charge in [-0.25, -0.2) is 9.97 Å². The van der Waals surface area contributed by atoms with Crippen molar-refractivity contribution in [2.24, 2.45) is 0 Å². The first-order valence-electron chi connectivity index (χ1n) is 5.38. The molecule has 0 bridgehead atoms. The monoisotopic (exact) mass is 339 g/mol. The van der Waals surface area contributed by atoms with Gasteiger partial charge in [0.25, 0.3) is 5.91 Å². The van der Waals surface area contributed by atoms with Crippen LogP contribution in [0.1, 0.15) is 32.6 Å². The molecule has 0 aliphatic rings. The highest BCUT2D eigenvalue weighted by Gasteiger charge is 2.14. The van der Waals surface area contributed by atoms with E-state index in [1.54, 1.807) is 19.1 Å². The van der Waals surface area contributed by atoms with Crippen LogP contribution in [0.2, 0.25) is 0 Å². The quantitative estimate of drug-likeness (QED) is 0.689. The summed E-state index contributed by atoms with van der Waals surface area (Å²) in [5, 5.41) is 3.02. The van der Waals surface area contributed by atoms with E-state index in [0.29, 0.717) is 20.3 Å². The minimum absolute atomic E-state index is 0.0743. The third-order valence-corrected chi connectivity index (χ3v) is 3.81. The van der Waals surface area contributed by atoms with Crippen LogP contribution in [0.15, 0.2) is 22.9 Å². The van der Waals surface area contributed by atoms with Gasteiger partial charge in [0, 0.05) is 6.92 Å². The maximum absolute atomic E-state index is 12.1. The van der Waals surface area contributed by atoms with Crippen molar-refractivity contribution in [1.82, 2.24) is 9.97 Å². The number of amides is 1. The number of carbonyl (C=O) groups is 2. The molecule has 0 aliphatic carbocycles. The topological polar surface area (TPSA) is 72.0 Å². The minimum atomic E-state index is -0.344. The third-order valence-electron chi connectivity index (χ3n) is 2.35. The molecule has 0 spiro atoms. The number of halogens is 1. The number of thiazole rings is 1. The highest BCUT2D eigenvalue weighted by atomic mass is 79.9. The van der Waals surface area contributed by atoms with Crippen LogP contribution in [-0.2, 0) is 0 Å². The highest BCUT2D eigenvalue weighted by Crippen LogP contribution is 2.20. The minimum Gasteiger partial charge on any atom is -0.296 e. The van der Waals surface area contributed by atoms with Crippen molar-refractivity contribution >= 4 is 44.1 Å². The summed E-state index contributed by atoms with van der Waals surface area (Å²) in [6, 6.07) is 3.57. The van der Waals surface area contributed by atoms with Gasteiger partial charge in [-0.2, -0.15) is 0 Å². The zero-order valence-corrected chi connectivity index (χ0v) is 12.6. The summed E-state index contributed by atoms with van der Waals surface area (Å²) in [7, 11) is 0. The fourth-order valence-electron chi connectivity index (χ4n) is 1.39. The Hall–Kier alpha value is -1.60. The molecule has 2 aromatic heterocycles.